The molecule has 1 aliphatic rings. The van der Waals surface area contributed by atoms with Gasteiger partial charge in [0.2, 0.25) is 5.91 Å². The van der Waals surface area contributed by atoms with Crippen LogP contribution in [0.3, 0.4) is 0 Å². The summed E-state index contributed by atoms with van der Waals surface area (Å²) in [6.45, 7) is 0. The van der Waals surface area contributed by atoms with Gasteiger partial charge in [0, 0.05) is 12.1 Å². The van der Waals surface area contributed by atoms with Gasteiger partial charge in [-0.15, -0.1) is 23.2 Å². The van der Waals surface area contributed by atoms with Crippen LogP contribution in [-0.2, 0) is 4.79 Å². The predicted molar refractivity (Wildman–Crippen MR) is 80.0 cm³/mol. The van der Waals surface area contributed by atoms with Crippen molar-refractivity contribution in [1.29, 1.82) is 0 Å². The van der Waals surface area contributed by atoms with Crippen molar-refractivity contribution in [3.8, 4) is 0 Å². The van der Waals surface area contributed by atoms with Crippen LogP contribution in [0, 0.1) is 5.92 Å². The minimum absolute atomic E-state index is 0.177. The molecule has 1 amide bonds. The fourth-order valence-corrected chi connectivity index (χ4v) is 3.21. The maximum absolute atomic E-state index is 12.3. The van der Waals surface area contributed by atoms with Gasteiger partial charge in [0.15, 0.2) is 0 Å². The fourth-order valence-electron chi connectivity index (χ4n) is 2.38. The first-order valence-corrected chi connectivity index (χ1v) is 7.00. The number of alkyl halides is 2. The molecule has 1 aromatic heterocycles. The normalized spacial score (nSPS) is 23.1. The second kappa shape index (κ2) is 5.08. The smallest absolute Gasteiger partial charge is 0.231 e. The number of benzene rings is 1. The van der Waals surface area contributed by atoms with E-state index in [2.05, 4.69) is 10.3 Å². The Morgan fingerprint density at radius 1 is 1.15 bits per heavy atom. The third-order valence-corrected chi connectivity index (χ3v) is 4.36. The minimum Gasteiger partial charge on any atom is -0.324 e. The quantitative estimate of drug-likeness (QED) is 0.880. The van der Waals surface area contributed by atoms with Crippen molar-refractivity contribution in [2.75, 3.05) is 5.32 Å². The van der Waals surface area contributed by atoms with Crippen molar-refractivity contribution in [2.24, 2.45) is 5.92 Å². The fraction of sp³-hybridized carbons (Fsp3) is 0.200. The van der Waals surface area contributed by atoms with Crippen molar-refractivity contribution >= 4 is 34.8 Å². The molecule has 1 aromatic carbocycles. The molecule has 5 heteroatoms. The van der Waals surface area contributed by atoms with Gasteiger partial charge in [-0.1, -0.05) is 30.3 Å². The Hall–Kier alpha value is -1.58. The minimum atomic E-state index is -1.05. The summed E-state index contributed by atoms with van der Waals surface area (Å²) < 4.78 is -1.05. The molecule has 1 aliphatic carbocycles. The van der Waals surface area contributed by atoms with Crippen LogP contribution in [-0.4, -0.2) is 15.2 Å². The molecule has 0 spiro atoms. The number of nitrogens with one attached hydrogen (secondary N) is 1. The Labute approximate surface area is 126 Å². The van der Waals surface area contributed by atoms with Gasteiger partial charge in [-0.05, 0) is 17.7 Å². The highest BCUT2D eigenvalue weighted by atomic mass is 35.5. The third-order valence-electron chi connectivity index (χ3n) is 3.42. The molecular formula is C15H12Cl2N2O. The van der Waals surface area contributed by atoms with E-state index in [0.29, 0.717) is 5.69 Å². The second-order valence-corrected chi connectivity index (χ2v) is 6.22. The second-order valence-electron chi connectivity index (χ2n) is 4.77. The number of pyridine rings is 1. The standard InChI is InChI=1S/C15H12Cl2N2O/c16-15(17)12(10-5-2-1-3-6-10)13(15)14(20)19-11-7-4-8-18-9-11/h1-9,12-13H,(H,19,20)/t12-,13+/m0/s1. The summed E-state index contributed by atoms with van der Waals surface area (Å²) in [5, 5.41) is 2.79. The number of carbonyl (C=O) groups excluding carboxylic acids is 1. The number of nitrogens with zero attached hydrogens (tertiary/aromatic N) is 1. The molecule has 102 valence electrons. The van der Waals surface area contributed by atoms with E-state index in [1.165, 1.54) is 0 Å². The van der Waals surface area contributed by atoms with Gasteiger partial charge in [0.1, 0.15) is 4.33 Å². The van der Waals surface area contributed by atoms with Crippen molar-refractivity contribution in [3.63, 3.8) is 0 Å². The number of aromatic nitrogens is 1. The van der Waals surface area contributed by atoms with Gasteiger partial charge in [0.25, 0.3) is 0 Å². The number of amides is 1. The molecule has 3 rings (SSSR count). The molecule has 0 aliphatic heterocycles. The zero-order valence-electron chi connectivity index (χ0n) is 10.5. The summed E-state index contributed by atoms with van der Waals surface area (Å²) in [6, 6.07) is 13.1. The van der Waals surface area contributed by atoms with Crippen molar-refractivity contribution in [2.45, 2.75) is 10.3 Å². The van der Waals surface area contributed by atoms with Gasteiger partial charge in [0.05, 0.1) is 17.8 Å². The SMILES string of the molecule is O=C(Nc1cccnc1)[C@H]1[C@H](c2ccccc2)C1(Cl)Cl. The number of halogens is 2. The van der Waals surface area contributed by atoms with Gasteiger partial charge in [-0.2, -0.15) is 0 Å². The molecule has 1 heterocycles. The lowest BCUT2D eigenvalue weighted by Gasteiger charge is -2.03. The zero-order valence-corrected chi connectivity index (χ0v) is 12.0. The van der Waals surface area contributed by atoms with E-state index < -0.39 is 10.3 Å². The van der Waals surface area contributed by atoms with Crippen LogP contribution in [0.5, 0.6) is 0 Å². The molecule has 0 bridgehead atoms. The molecule has 2 atom stereocenters. The van der Waals surface area contributed by atoms with Gasteiger partial charge >= 0.3 is 0 Å². The largest absolute Gasteiger partial charge is 0.324 e. The van der Waals surface area contributed by atoms with Gasteiger partial charge in [-0.3, -0.25) is 9.78 Å². The van der Waals surface area contributed by atoms with Crippen LogP contribution < -0.4 is 5.32 Å². The summed E-state index contributed by atoms with van der Waals surface area (Å²) in [7, 11) is 0. The van der Waals surface area contributed by atoms with Crippen LogP contribution >= 0.6 is 23.2 Å². The van der Waals surface area contributed by atoms with Crippen molar-refractivity contribution < 1.29 is 4.79 Å². The number of hydrogen-bond acceptors (Lipinski definition) is 2. The topological polar surface area (TPSA) is 42.0 Å². The van der Waals surface area contributed by atoms with E-state index in [0.717, 1.165) is 5.56 Å². The molecule has 0 radical (unpaired) electrons. The van der Waals surface area contributed by atoms with Gasteiger partial charge < -0.3 is 5.32 Å². The lowest BCUT2D eigenvalue weighted by atomic mass is 10.1. The van der Waals surface area contributed by atoms with Crippen LogP contribution in [0.4, 0.5) is 5.69 Å². The van der Waals surface area contributed by atoms with Crippen LogP contribution in [0.2, 0.25) is 0 Å². The van der Waals surface area contributed by atoms with Crippen LogP contribution in [0.25, 0.3) is 0 Å². The summed E-state index contributed by atoms with van der Waals surface area (Å²) in [6.07, 6.45) is 3.23. The highest BCUT2D eigenvalue weighted by molar-refractivity contribution is 6.53. The molecule has 20 heavy (non-hydrogen) atoms. The molecule has 1 fully saturated rings. The predicted octanol–water partition coefficient (Wildman–Crippen LogP) is 3.61. The van der Waals surface area contributed by atoms with Crippen LogP contribution in [0.1, 0.15) is 11.5 Å². The Morgan fingerprint density at radius 2 is 1.90 bits per heavy atom. The van der Waals surface area contributed by atoms with E-state index >= 15 is 0 Å². The van der Waals surface area contributed by atoms with E-state index in [1.54, 1.807) is 24.5 Å². The molecule has 0 unspecified atom stereocenters. The summed E-state index contributed by atoms with van der Waals surface area (Å²) >= 11 is 12.5. The number of rotatable bonds is 3. The highest BCUT2D eigenvalue weighted by Crippen LogP contribution is 2.65. The monoisotopic (exact) mass is 306 g/mol. The van der Waals surface area contributed by atoms with E-state index in [1.807, 2.05) is 30.3 Å². The van der Waals surface area contributed by atoms with E-state index in [4.69, 9.17) is 23.2 Å². The Morgan fingerprint density at radius 3 is 2.55 bits per heavy atom. The first-order chi connectivity index (χ1) is 9.60. The van der Waals surface area contributed by atoms with Crippen molar-refractivity contribution in [1.82, 2.24) is 4.98 Å². The third kappa shape index (κ3) is 2.39. The molecule has 3 nitrogen and oxygen atoms in total. The van der Waals surface area contributed by atoms with E-state index in [9.17, 15) is 4.79 Å². The number of anilines is 1. The van der Waals surface area contributed by atoms with Gasteiger partial charge in [-0.25, -0.2) is 0 Å². The number of hydrogen-bond donors (Lipinski definition) is 1. The first kappa shape index (κ1) is 13.4. The first-order valence-electron chi connectivity index (χ1n) is 6.24. The molecule has 2 aromatic rings. The van der Waals surface area contributed by atoms with Crippen LogP contribution in [0.15, 0.2) is 54.9 Å². The molecule has 0 saturated heterocycles. The average Bonchev–Trinajstić information content (AvgIpc) is 3.04. The summed E-state index contributed by atoms with van der Waals surface area (Å²) in [5.74, 6) is -0.811. The Kier molecular flexibility index (Phi) is 3.40. The zero-order chi connectivity index (χ0) is 14.2. The summed E-state index contributed by atoms with van der Waals surface area (Å²) in [5.41, 5.74) is 1.61. The molecule has 1 N–H and O–H groups in total. The highest BCUT2D eigenvalue weighted by Gasteiger charge is 2.67. The summed E-state index contributed by atoms with van der Waals surface area (Å²) in [4.78, 5) is 16.2. The van der Waals surface area contributed by atoms with E-state index in [-0.39, 0.29) is 11.8 Å². The maximum atomic E-state index is 12.3. The maximum Gasteiger partial charge on any atom is 0.231 e. The average molecular weight is 307 g/mol. The Balaban J connectivity index is 1.76. The van der Waals surface area contributed by atoms with Crippen molar-refractivity contribution in [3.05, 3.63) is 60.4 Å². The lowest BCUT2D eigenvalue weighted by Crippen LogP contribution is -2.17. The number of carbonyl (C=O) groups is 1. The lowest BCUT2D eigenvalue weighted by molar-refractivity contribution is -0.117. The Bertz CT molecular complexity index is 616. The molecule has 1 saturated carbocycles. The molecular weight excluding hydrogens is 295 g/mol.